The van der Waals surface area contributed by atoms with E-state index in [0.717, 1.165) is 12.8 Å². The van der Waals surface area contributed by atoms with E-state index in [1.54, 1.807) is 42.5 Å². The maximum atomic E-state index is 13.0. The molecule has 2 aromatic rings. The van der Waals surface area contributed by atoms with Crippen LogP contribution in [0.5, 0.6) is 11.5 Å². The van der Waals surface area contributed by atoms with Crippen molar-refractivity contribution in [3.8, 4) is 11.5 Å². The highest BCUT2D eigenvalue weighted by Gasteiger charge is 2.47. The summed E-state index contributed by atoms with van der Waals surface area (Å²) in [5.41, 5.74) is 1.69. The summed E-state index contributed by atoms with van der Waals surface area (Å²) >= 11 is 0. The molecule has 1 N–H and O–H groups in total. The lowest BCUT2D eigenvalue weighted by Crippen LogP contribution is -2.42. The fraction of sp³-hybridized carbons (Fsp3) is 0.278. The summed E-state index contributed by atoms with van der Waals surface area (Å²) in [6, 6.07) is 12.1. The number of hydrogen-bond acceptors (Lipinski definition) is 5. The van der Waals surface area contributed by atoms with E-state index < -0.39 is 16.1 Å². The van der Waals surface area contributed by atoms with Gasteiger partial charge < -0.3 is 14.8 Å². The Hall–Kier alpha value is -2.94. The molecule has 0 unspecified atom stereocenters. The number of benzene rings is 2. The Morgan fingerprint density at radius 2 is 1.81 bits per heavy atom. The van der Waals surface area contributed by atoms with Crippen LogP contribution >= 0.6 is 0 Å². The molecule has 0 radical (unpaired) electrons. The minimum Gasteiger partial charge on any atom is -0.454 e. The third-order valence-electron chi connectivity index (χ3n) is 4.74. The lowest BCUT2D eigenvalue weighted by atomic mass is 10.2. The third kappa shape index (κ3) is 2.66. The predicted octanol–water partition coefficient (Wildman–Crippen LogP) is 2.09. The number of rotatable bonds is 4. The minimum atomic E-state index is -3.76. The van der Waals surface area contributed by atoms with Gasteiger partial charge in [-0.3, -0.25) is 4.79 Å². The van der Waals surface area contributed by atoms with Gasteiger partial charge in [0, 0.05) is 17.8 Å². The zero-order valence-corrected chi connectivity index (χ0v) is 15.1. The van der Waals surface area contributed by atoms with Crippen LogP contribution in [-0.2, 0) is 15.0 Å². The Morgan fingerprint density at radius 1 is 1.07 bits per heavy atom. The van der Waals surface area contributed by atoms with Crippen molar-refractivity contribution in [2.45, 2.75) is 18.9 Å². The first-order chi connectivity index (χ1) is 13.0. The zero-order chi connectivity index (χ0) is 18.6. The van der Waals surface area contributed by atoms with E-state index in [9.17, 15) is 13.2 Å². The number of hydrogen-bond donors (Lipinski definition) is 1. The summed E-state index contributed by atoms with van der Waals surface area (Å²) in [6.45, 7) is -0.149. The second kappa shape index (κ2) is 5.78. The molecule has 5 rings (SSSR count). The van der Waals surface area contributed by atoms with Crippen molar-refractivity contribution in [1.29, 1.82) is 0 Å². The van der Waals surface area contributed by atoms with Gasteiger partial charge in [0.1, 0.15) is 6.54 Å². The van der Waals surface area contributed by atoms with E-state index in [0.29, 0.717) is 28.6 Å². The van der Waals surface area contributed by atoms with Crippen LogP contribution in [0.2, 0.25) is 0 Å². The quantitative estimate of drug-likeness (QED) is 0.868. The van der Waals surface area contributed by atoms with Crippen molar-refractivity contribution in [2.75, 3.05) is 27.3 Å². The molecule has 1 amide bonds. The summed E-state index contributed by atoms with van der Waals surface area (Å²) in [7, 11) is -3.76. The molecule has 0 spiro atoms. The van der Waals surface area contributed by atoms with Gasteiger partial charge in [-0.2, -0.15) is 8.42 Å². The number of para-hydroxylation sites is 2. The Balaban J connectivity index is 1.39. The van der Waals surface area contributed by atoms with Gasteiger partial charge in [-0.1, -0.05) is 12.1 Å². The molecule has 9 heteroatoms. The first-order valence-electron chi connectivity index (χ1n) is 8.65. The van der Waals surface area contributed by atoms with Gasteiger partial charge >= 0.3 is 10.2 Å². The molecule has 2 heterocycles. The molecule has 1 saturated carbocycles. The molecule has 1 aliphatic carbocycles. The Kier molecular flexibility index (Phi) is 3.48. The summed E-state index contributed by atoms with van der Waals surface area (Å²) < 4.78 is 39.2. The number of amides is 1. The van der Waals surface area contributed by atoms with E-state index >= 15 is 0 Å². The van der Waals surface area contributed by atoms with Crippen LogP contribution in [0.4, 0.5) is 17.1 Å². The normalized spacial score (nSPS) is 19.1. The highest BCUT2D eigenvalue weighted by Crippen LogP contribution is 2.46. The Morgan fingerprint density at radius 3 is 2.59 bits per heavy atom. The summed E-state index contributed by atoms with van der Waals surface area (Å²) in [5, 5.41) is 2.73. The molecular weight excluding hydrogens is 370 g/mol. The molecule has 0 bridgehead atoms. The number of anilines is 3. The van der Waals surface area contributed by atoms with E-state index in [-0.39, 0.29) is 19.4 Å². The fourth-order valence-corrected chi connectivity index (χ4v) is 5.27. The molecule has 140 valence electrons. The monoisotopic (exact) mass is 387 g/mol. The fourth-order valence-electron chi connectivity index (χ4n) is 3.38. The SMILES string of the molecule is O=C(CN1c2ccccc2N(C2CC2)S1(=O)=O)Nc1ccc2c(c1)OCO2. The molecule has 1 fully saturated rings. The van der Waals surface area contributed by atoms with Crippen LogP contribution in [0.3, 0.4) is 0 Å². The van der Waals surface area contributed by atoms with Crippen molar-refractivity contribution in [3.63, 3.8) is 0 Å². The number of nitrogens with zero attached hydrogens (tertiary/aromatic N) is 2. The molecule has 0 aromatic heterocycles. The molecule has 3 aliphatic rings. The topological polar surface area (TPSA) is 88.2 Å². The predicted molar refractivity (Wildman–Crippen MR) is 99.4 cm³/mol. The van der Waals surface area contributed by atoms with Crippen LogP contribution < -0.4 is 23.4 Å². The van der Waals surface area contributed by atoms with E-state index in [2.05, 4.69) is 5.32 Å². The van der Waals surface area contributed by atoms with Crippen LogP contribution in [0.15, 0.2) is 42.5 Å². The van der Waals surface area contributed by atoms with E-state index in [1.165, 1.54) is 8.61 Å². The zero-order valence-electron chi connectivity index (χ0n) is 14.3. The number of carbonyl (C=O) groups is 1. The number of fused-ring (bicyclic) bond motifs is 2. The molecule has 8 nitrogen and oxygen atoms in total. The third-order valence-corrected chi connectivity index (χ3v) is 6.61. The van der Waals surface area contributed by atoms with Gasteiger partial charge in [-0.15, -0.1) is 0 Å². The lowest BCUT2D eigenvalue weighted by molar-refractivity contribution is -0.114. The van der Waals surface area contributed by atoms with E-state index in [4.69, 9.17) is 9.47 Å². The van der Waals surface area contributed by atoms with Gasteiger partial charge in [0.05, 0.1) is 11.4 Å². The van der Waals surface area contributed by atoms with Gasteiger partial charge in [-0.05, 0) is 37.1 Å². The summed E-state index contributed by atoms with van der Waals surface area (Å²) in [4.78, 5) is 12.6. The summed E-state index contributed by atoms with van der Waals surface area (Å²) in [6.07, 6.45) is 1.68. The number of nitrogens with one attached hydrogen (secondary N) is 1. The van der Waals surface area contributed by atoms with Crippen LogP contribution in [0.1, 0.15) is 12.8 Å². The van der Waals surface area contributed by atoms with Crippen LogP contribution in [-0.4, -0.2) is 33.7 Å². The van der Waals surface area contributed by atoms with Crippen molar-refractivity contribution in [2.24, 2.45) is 0 Å². The van der Waals surface area contributed by atoms with Crippen molar-refractivity contribution in [3.05, 3.63) is 42.5 Å². The number of carbonyl (C=O) groups excluding carboxylic acids is 1. The Labute approximate surface area is 156 Å². The van der Waals surface area contributed by atoms with Crippen molar-refractivity contribution >= 4 is 33.2 Å². The molecular formula is C18H17N3O5S. The molecule has 27 heavy (non-hydrogen) atoms. The minimum absolute atomic E-state index is 0.0157. The Bertz CT molecular complexity index is 1040. The first-order valence-corrected chi connectivity index (χ1v) is 10.0. The van der Waals surface area contributed by atoms with Crippen LogP contribution in [0, 0.1) is 0 Å². The largest absolute Gasteiger partial charge is 0.454 e. The van der Waals surface area contributed by atoms with Gasteiger partial charge in [0.15, 0.2) is 11.5 Å². The van der Waals surface area contributed by atoms with Crippen molar-refractivity contribution < 1.29 is 22.7 Å². The average Bonchev–Trinajstić information content (AvgIpc) is 3.30. The number of ether oxygens (including phenoxy) is 2. The standard InChI is InChI=1S/C18H17N3O5S/c22-18(19-12-5-8-16-17(9-12)26-11-25-16)10-20-14-3-1-2-4-15(14)21(13-6-7-13)27(20,23)24/h1-5,8-9,13H,6-7,10-11H2,(H,19,22). The summed E-state index contributed by atoms with van der Waals surface area (Å²) in [5.74, 6) is 0.737. The molecule has 0 saturated heterocycles. The molecule has 2 aliphatic heterocycles. The average molecular weight is 387 g/mol. The smallest absolute Gasteiger partial charge is 0.327 e. The molecule has 0 atom stereocenters. The maximum absolute atomic E-state index is 13.0. The van der Waals surface area contributed by atoms with Crippen molar-refractivity contribution in [1.82, 2.24) is 0 Å². The van der Waals surface area contributed by atoms with Gasteiger partial charge in [0.2, 0.25) is 12.7 Å². The van der Waals surface area contributed by atoms with Gasteiger partial charge in [0.25, 0.3) is 0 Å². The second-order valence-corrected chi connectivity index (χ2v) is 8.38. The first kappa shape index (κ1) is 16.2. The lowest BCUT2D eigenvalue weighted by Gasteiger charge is -2.21. The maximum Gasteiger partial charge on any atom is 0.327 e. The van der Waals surface area contributed by atoms with Gasteiger partial charge in [-0.25, -0.2) is 8.61 Å². The second-order valence-electron chi connectivity index (χ2n) is 6.65. The highest BCUT2D eigenvalue weighted by molar-refractivity contribution is 7.94. The molecule has 2 aromatic carbocycles. The highest BCUT2D eigenvalue weighted by atomic mass is 32.2. The van der Waals surface area contributed by atoms with Crippen LogP contribution in [0.25, 0.3) is 0 Å². The van der Waals surface area contributed by atoms with E-state index in [1.807, 2.05) is 0 Å².